The number of sulfonamides is 1. The molecular weight excluding hydrogens is 286 g/mol. The first-order valence-corrected chi connectivity index (χ1v) is 9.20. The standard InChI is InChI=1S/C16H23NO3S/c18-13-14-3-5-15(6-4-14)21(19,20)17-11-9-16(10-12-17)7-1-2-8-16/h3-6,18H,1-2,7-13H2. The van der Waals surface area contributed by atoms with Gasteiger partial charge < -0.3 is 5.11 Å². The van der Waals surface area contributed by atoms with Gasteiger partial charge in [-0.2, -0.15) is 4.31 Å². The van der Waals surface area contributed by atoms with Crippen LogP contribution in [0, 0.1) is 5.41 Å². The van der Waals surface area contributed by atoms with E-state index in [0.29, 0.717) is 23.4 Å². The van der Waals surface area contributed by atoms with Crippen LogP contribution in [0.2, 0.25) is 0 Å². The minimum Gasteiger partial charge on any atom is -0.392 e. The van der Waals surface area contributed by atoms with Crippen molar-refractivity contribution in [3.63, 3.8) is 0 Å². The molecular formula is C16H23NO3S. The fourth-order valence-electron chi connectivity index (χ4n) is 3.74. The maximum atomic E-state index is 12.7. The molecule has 1 aromatic carbocycles. The third-order valence-electron chi connectivity index (χ3n) is 5.19. The van der Waals surface area contributed by atoms with Crippen LogP contribution in [0.5, 0.6) is 0 Å². The van der Waals surface area contributed by atoms with Gasteiger partial charge in [0.15, 0.2) is 0 Å². The predicted molar refractivity (Wildman–Crippen MR) is 81.3 cm³/mol. The van der Waals surface area contributed by atoms with Gasteiger partial charge in [0.05, 0.1) is 11.5 Å². The largest absolute Gasteiger partial charge is 0.392 e. The van der Waals surface area contributed by atoms with E-state index in [1.54, 1.807) is 28.6 Å². The Bertz CT molecular complexity index is 578. The molecule has 0 atom stereocenters. The third kappa shape index (κ3) is 2.87. The smallest absolute Gasteiger partial charge is 0.243 e. The topological polar surface area (TPSA) is 57.6 Å². The van der Waals surface area contributed by atoms with Crippen molar-refractivity contribution in [3.8, 4) is 0 Å². The lowest BCUT2D eigenvalue weighted by Gasteiger charge is -2.38. The molecule has 2 fully saturated rings. The Morgan fingerprint density at radius 3 is 2.10 bits per heavy atom. The molecule has 0 radical (unpaired) electrons. The van der Waals surface area contributed by atoms with E-state index in [-0.39, 0.29) is 6.61 Å². The second-order valence-corrected chi connectivity index (χ2v) is 8.35. The summed E-state index contributed by atoms with van der Waals surface area (Å²) in [5.41, 5.74) is 1.16. The number of aliphatic hydroxyl groups is 1. The first kappa shape index (κ1) is 15.0. The van der Waals surface area contributed by atoms with E-state index in [2.05, 4.69) is 0 Å². The molecule has 0 aromatic heterocycles. The number of rotatable bonds is 3. The lowest BCUT2D eigenvalue weighted by molar-refractivity contribution is 0.160. The Labute approximate surface area is 126 Å². The zero-order valence-corrected chi connectivity index (χ0v) is 13.1. The molecule has 1 saturated carbocycles. The highest BCUT2D eigenvalue weighted by atomic mass is 32.2. The first-order chi connectivity index (χ1) is 10.1. The van der Waals surface area contributed by atoms with Crippen LogP contribution in [0.15, 0.2) is 29.2 Å². The van der Waals surface area contributed by atoms with E-state index in [4.69, 9.17) is 5.11 Å². The van der Waals surface area contributed by atoms with E-state index < -0.39 is 10.0 Å². The monoisotopic (exact) mass is 309 g/mol. The molecule has 3 rings (SSSR count). The molecule has 1 spiro atoms. The third-order valence-corrected chi connectivity index (χ3v) is 7.10. The second kappa shape index (κ2) is 5.71. The summed E-state index contributed by atoms with van der Waals surface area (Å²) in [5.74, 6) is 0. The highest BCUT2D eigenvalue weighted by Gasteiger charge is 2.39. The van der Waals surface area contributed by atoms with Crippen molar-refractivity contribution in [3.05, 3.63) is 29.8 Å². The highest BCUT2D eigenvalue weighted by Crippen LogP contribution is 2.46. The number of benzene rings is 1. The molecule has 5 heteroatoms. The van der Waals surface area contributed by atoms with Gasteiger partial charge in [-0.15, -0.1) is 0 Å². The molecule has 116 valence electrons. The van der Waals surface area contributed by atoms with Crippen LogP contribution in [0.25, 0.3) is 0 Å². The van der Waals surface area contributed by atoms with Gasteiger partial charge in [0.2, 0.25) is 10.0 Å². The number of nitrogens with zero attached hydrogens (tertiary/aromatic N) is 1. The van der Waals surface area contributed by atoms with E-state index in [1.165, 1.54) is 25.7 Å². The van der Waals surface area contributed by atoms with Gasteiger partial charge in [-0.3, -0.25) is 0 Å². The molecule has 1 N–H and O–H groups in total. The lowest BCUT2D eigenvalue weighted by atomic mass is 9.78. The van der Waals surface area contributed by atoms with Crippen LogP contribution in [-0.2, 0) is 16.6 Å². The quantitative estimate of drug-likeness (QED) is 0.933. The Kier molecular flexibility index (Phi) is 4.08. The minimum absolute atomic E-state index is 0.0629. The summed E-state index contributed by atoms with van der Waals surface area (Å²) in [6.45, 7) is 1.22. The molecule has 2 aliphatic rings. The van der Waals surface area contributed by atoms with Crippen LogP contribution >= 0.6 is 0 Å². The van der Waals surface area contributed by atoms with Crippen LogP contribution in [0.4, 0.5) is 0 Å². The molecule has 0 unspecified atom stereocenters. The maximum Gasteiger partial charge on any atom is 0.243 e. The average molecular weight is 309 g/mol. The summed E-state index contributed by atoms with van der Waals surface area (Å²) in [6.07, 6.45) is 7.14. The summed E-state index contributed by atoms with van der Waals surface area (Å²) >= 11 is 0. The summed E-state index contributed by atoms with van der Waals surface area (Å²) < 4.78 is 26.9. The van der Waals surface area contributed by atoms with Crippen LogP contribution in [0.1, 0.15) is 44.1 Å². The van der Waals surface area contributed by atoms with Crippen LogP contribution in [0.3, 0.4) is 0 Å². The minimum atomic E-state index is -3.38. The van der Waals surface area contributed by atoms with Crippen molar-refractivity contribution in [2.24, 2.45) is 5.41 Å². The molecule has 1 aliphatic heterocycles. The van der Waals surface area contributed by atoms with Crippen molar-refractivity contribution < 1.29 is 13.5 Å². The van der Waals surface area contributed by atoms with Crippen molar-refractivity contribution in [1.29, 1.82) is 0 Å². The molecule has 1 aromatic rings. The van der Waals surface area contributed by atoms with Gasteiger partial charge >= 0.3 is 0 Å². The second-order valence-electron chi connectivity index (χ2n) is 6.41. The summed E-state index contributed by atoms with van der Waals surface area (Å²) in [6, 6.07) is 6.55. The van der Waals surface area contributed by atoms with E-state index in [0.717, 1.165) is 18.4 Å². The average Bonchev–Trinajstić information content (AvgIpc) is 2.96. The Balaban J connectivity index is 1.73. The number of hydrogen-bond acceptors (Lipinski definition) is 3. The van der Waals surface area contributed by atoms with Gasteiger partial charge in [-0.1, -0.05) is 25.0 Å². The zero-order valence-electron chi connectivity index (χ0n) is 12.3. The van der Waals surface area contributed by atoms with E-state index in [9.17, 15) is 8.42 Å². The molecule has 21 heavy (non-hydrogen) atoms. The van der Waals surface area contributed by atoms with Crippen molar-refractivity contribution in [2.45, 2.75) is 50.0 Å². The van der Waals surface area contributed by atoms with Crippen LogP contribution < -0.4 is 0 Å². The van der Waals surface area contributed by atoms with Gasteiger partial charge in [-0.25, -0.2) is 8.42 Å². The fourth-order valence-corrected chi connectivity index (χ4v) is 5.18. The highest BCUT2D eigenvalue weighted by molar-refractivity contribution is 7.89. The molecule has 1 saturated heterocycles. The summed E-state index contributed by atoms with van der Waals surface area (Å²) in [5, 5.41) is 9.04. The van der Waals surface area contributed by atoms with E-state index in [1.807, 2.05) is 0 Å². The van der Waals surface area contributed by atoms with Crippen molar-refractivity contribution in [2.75, 3.05) is 13.1 Å². The van der Waals surface area contributed by atoms with Gasteiger partial charge in [0, 0.05) is 13.1 Å². The van der Waals surface area contributed by atoms with Gasteiger partial charge in [0.1, 0.15) is 0 Å². The molecule has 0 bridgehead atoms. The molecule has 1 aliphatic carbocycles. The normalized spacial score (nSPS) is 22.7. The molecule has 4 nitrogen and oxygen atoms in total. The zero-order chi connectivity index (χ0) is 14.9. The maximum absolute atomic E-state index is 12.7. The summed E-state index contributed by atoms with van der Waals surface area (Å²) in [4.78, 5) is 0.335. The number of hydrogen-bond donors (Lipinski definition) is 1. The first-order valence-electron chi connectivity index (χ1n) is 7.76. The lowest BCUT2D eigenvalue weighted by Crippen LogP contribution is -2.42. The Morgan fingerprint density at radius 1 is 1.00 bits per heavy atom. The summed E-state index contributed by atoms with van der Waals surface area (Å²) in [7, 11) is -3.38. The van der Waals surface area contributed by atoms with Gasteiger partial charge in [-0.05, 0) is 48.8 Å². The fraction of sp³-hybridized carbons (Fsp3) is 0.625. The van der Waals surface area contributed by atoms with E-state index >= 15 is 0 Å². The Hall–Kier alpha value is -0.910. The van der Waals surface area contributed by atoms with Gasteiger partial charge in [0.25, 0.3) is 0 Å². The van der Waals surface area contributed by atoms with Crippen molar-refractivity contribution in [1.82, 2.24) is 4.31 Å². The predicted octanol–water partition coefficient (Wildman–Crippen LogP) is 2.52. The SMILES string of the molecule is O=S(=O)(c1ccc(CO)cc1)N1CCC2(CCCC2)CC1. The number of piperidine rings is 1. The number of aliphatic hydroxyl groups excluding tert-OH is 1. The molecule has 1 heterocycles. The van der Waals surface area contributed by atoms with Crippen LogP contribution in [-0.4, -0.2) is 30.9 Å². The Morgan fingerprint density at radius 2 is 1.57 bits per heavy atom. The molecule has 0 amide bonds. The van der Waals surface area contributed by atoms with Crippen molar-refractivity contribution >= 4 is 10.0 Å².